The SMILES string of the molecule is CCCc1cc(CNC2CC2)cc(N(C)C2CCSC2)n1. The van der Waals surface area contributed by atoms with E-state index in [9.17, 15) is 0 Å². The van der Waals surface area contributed by atoms with Crippen LogP contribution in [-0.2, 0) is 13.0 Å². The average molecular weight is 305 g/mol. The Morgan fingerprint density at radius 1 is 1.33 bits per heavy atom. The molecule has 21 heavy (non-hydrogen) atoms. The highest BCUT2D eigenvalue weighted by atomic mass is 32.2. The molecule has 116 valence electrons. The first kappa shape index (κ1) is 15.2. The highest BCUT2D eigenvalue weighted by Crippen LogP contribution is 2.26. The second-order valence-corrected chi connectivity index (χ2v) is 7.51. The van der Waals surface area contributed by atoms with Crippen LogP contribution in [0.5, 0.6) is 0 Å². The molecule has 4 heteroatoms. The van der Waals surface area contributed by atoms with Crippen molar-refractivity contribution in [1.29, 1.82) is 0 Å². The van der Waals surface area contributed by atoms with Crippen LogP contribution in [0.2, 0.25) is 0 Å². The van der Waals surface area contributed by atoms with E-state index in [0.29, 0.717) is 6.04 Å². The number of rotatable bonds is 7. The molecule has 1 unspecified atom stereocenters. The van der Waals surface area contributed by atoms with Crippen molar-refractivity contribution in [2.24, 2.45) is 0 Å². The third kappa shape index (κ3) is 4.13. The number of pyridine rings is 1. The predicted octanol–water partition coefficient (Wildman–Crippen LogP) is 3.23. The standard InChI is InChI=1S/C17H27N3S/c1-3-4-15-9-13(11-18-14-5-6-14)10-17(19-15)20(2)16-7-8-21-12-16/h9-10,14,16,18H,3-8,11-12H2,1-2H3. The topological polar surface area (TPSA) is 28.2 Å². The van der Waals surface area contributed by atoms with Gasteiger partial charge in [0, 0.05) is 37.1 Å². The first-order valence-electron chi connectivity index (χ1n) is 8.30. The average Bonchev–Trinajstić information content (AvgIpc) is 3.16. The number of nitrogens with zero attached hydrogens (tertiary/aromatic N) is 2. The summed E-state index contributed by atoms with van der Waals surface area (Å²) < 4.78 is 0. The molecule has 1 N–H and O–H groups in total. The van der Waals surface area contributed by atoms with E-state index in [-0.39, 0.29) is 0 Å². The summed E-state index contributed by atoms with van der Waals surface area (Å²) in [7, 11) is 2.21. The molecule has 0 radical (unpaired) electrons. The van der Waals surface area contributed by atoms with Crippen molar-refractivity contribution in [2.45, 2.75) is 57.7 Å². The first-order valence-corrected chi connectivity index (χ1v) is 9.45. The lowest BCUT2D eigenvalue weighted by Gasteiger charge is -2.26. The van der Waals surface area contributed by atoms with Crippen LogP contribution in [-0.4, -0.2) is 35.6 Å². The predicted molar refractivity (Wildman–Crippen MR) is 92.2 cm³/mol. The second kappa shape index (κ2) is 7.01. The van der Waals surface area contributed by atoms with Crippen LogP contribution in [0, 0.1) is 0 Å². The van der Waals surface area contributed by atoms with Gasteiger partial charge in [0.2, 0.25) is 0 Å². The van der Waals surface area contributed by atoms with Crippen molar-refractivity contribution in [3.8, 4) is 0 Å². The summed E-state index contributed by atoms with van der Waals surface area (Å²) in [5.41, 5.74) is 2.65. The van der Waals surface area contributed by atoms with Crippen molar-refractivity contribution in [2.75, 3.05) is 23.5 Å². The van der Waals surface area contributed by atoms with Crippen molar-refractivity contribution in [3.05, 3.63) is 23.4 Å². The van der Waals surface area contributed by atoms with Gasteiger partial charge in [-0.2, -0.15) is 11.8 Å². The van der Waals surface area contributed by atoms with E-state index in [1.807, 2.05) is 0 Å². The maximum Gasteiger partial charge on any atom is 0.129 e. The number of aryl methyl sites for hydroxylation is 1. The van der Waals surface area contributed by atoms with Gasteiger partial charge in [-0.1, -0.05) is 13.3 Å². The van der Waals surface area contributed by atoms with E-state index in [4.69, 9.17) is 4.98 Å². The Morgan fingerprint density at radius 3 is 2.86 bits per heavy atom. The minimum absolute atomic E-state index is 0.656. The molecule has 3 nitrogen and oxygen atoms in total. The zero-order valence-corrected chi connectivity index (χ0v) is 14.1. The maximum atomic E-state index is 4.90. The zero-order valence-electron chi connectivity index (χ0n) is 13.3. The van der Waals surface area contributed by atoms with Gasteiger partial charge >= 0.3 is 0 Å². The van der Waals surface area contributed by atoms with Crippen LogP contribution >= 0.6 is 11.8 Å². The lowest BCUT2D eigenvalue weighted by atomic mass is 10.1. The van der Waals surface area contributed by atoms with Crippen molar-refractivity contribution >= 4 is 17.6 Å². The lowest BCUT2D eigenvalue weighted by Crippen LogP contribution is -2.32. The Morgan fingerprint density at radius 2 is 2.19 bits per heavy atom. The van der Waals surface area contributed by atoms with E-state index < -0.39 is 0 Å². The molecule has 2 aliphatic rings. The molecule has 0 spiro atoms. The van der Waals surface area contributed by atoms with Gasteiger partial charge in [0.05, 0.1) is 0 Å². The molecule has 1 aliphatic carbocycles. The molecule has 0 amide bonds. The number of hydrogen-bond donors (Lipinski definition) is 1. The number of aromatic nitrogens is 1. The van der Waals surface area contributed by atoms with Gasteiger partial charge in [-0.3, -0.25) is 0 Å². The summed E-state index contributed by atoms with van der Waals surface area (Å²) in [5.74, 6) is 3.70. The van der Waals surface area contributed by atoms with Gasteiger partial charge < -0.3 is 10.2 Å². The Balaban J connectivity index is 1.75. The molecule has 1 aromatic rings. The first-order chi connectivity index (χ1) is 10.3. The molecular weight excluding hydrogens is 278 g/mol. The Bertz CT molecular complexity index is 467. The molecule has 0 bridgehead atoms. The van der Waals surface area contributed by atoms with Crippen LogP contribution in [0.3, 0.4) is 0 Å². The number of nitrogens with one attached hydrogen (secondary N) is 1. The van der Waals surface area contributed by atoms with Gasteiger partial charge in [-0.05, 0) is 49.1 Å². The van der Waals surface area contributed by atoms with Crippen LogP contribution in [0.1, 0.15) is 43.9 Å². The largest absolute Gasteiger partial charge is 0.356 e. The molecule has 2 fully saturated rings. The minimum Gasteiger partial charge on any atom is -0.356 e. The fourth-order valence-electron chi connectivity index (χ4n) is 2.86. The zero-order chi connectivity index (χ0) is 14.7. The van der Waals surface area contributed by atoms with Crippen LogP contribution < -0.4 is 10.2 Å². The number of thioether (sulfide) groups is 1. The Kier molecular flexibility index (Phi) is 5.07. The molecular formula is C17H27N3S. The smallest absolute Gasteiger partial charge is 0.129 e. The molecule has 1 aliphatic heterocycles. The van der Waals surface area contributed by atoms with Gasteiger partial charge in [0.25, 0.3) is 0 Å². The lowest BCUT2D eigenvalue weighted by molar-refractivity contribution is 0.674. The Hall–Kier alpha value is -0.740. The monoisotopic (exact) mass is 305 g/mol. The van der Waals surface area contributed by atoms with Gasteiger partial charge in [-0.25, -0.2) is 4.98 Å². The Labute approximate surface area is 132 Å². The highest BCUT2D eigenvalue weighted by molar-refractivity contribution is 7.99. The summed E-state index contributed by atoms with van der Waals surface area (Å²) in [5, 5.41) is 3.63. The van der Waals surface area contributed by atoms with Crippen LogP contribution in [0.25, 0.3) is 0 Å². The molecule has 2 heterocycles. The molecule has 0 aromatic carbocycles. The summed E-state index contributed by atoms with van der Waals surface area (Å²) in [6.45, 7) is 3.22. The third-order valence-corrected chi connectivity index (χ3v) is 5.56. The summed E-state index contributed by atoms with van der Waals surface area (Å²) in [4.78, 5) is 7.30. The molecule has 3 rings (SSSR count). The fraction of sp³-hybridized carbons (Fsp3) is 0.706. The summed E-state index contributed by atoms with van der Waals surface area (Å²) >= 11 is 2.06. The van der Waals surface area contributed by atoms with Crippen molar-refractivity contribution < 1.29 is 0 Å². The quantitative estimate of drug-likeness (QED) is 0.837. The van der Waals surface area contributed by atoms with Crippen LogP contribution in [0.4, 0.5) is 5.82 Å². The van der Waals surface area contributed by atoms with Gasteiger partial charge in [-0.15, -0.1) is 0 Å². The summed E-state index contributed by atoms with van der Waals surface area (Å²) in [6, 6.07) is 6.00. The number of hydrogen-bond acceptors (Lipinski definition) is 4. The van der Waals surface area contributed by atoms with Gasteiger partial charge in [0.15, 0.2) is 0 Å². The molecule has 1 saturated heterocycles. The fourth-order valence-corrected chi connectivity index (χ4v) is 4.13. The maximum absolute atomic E-state index is 4.90. The second-order valence-electron chi connectivity index (χ2n) is 6.36. The van der Waals surface area contributed by atoms with Crippen molar-refractivity contribution in [3.63, 3.8) is 0 Å². The van der Waals surface area contributed by atoms with Gasteiger partial charge in [0.1, 0.15) is 5.82 Å². The molecule has 1 saturated carbocycles. The van der Waals surface area contributed by atoms with E-state index in [2.05, 4.69) is 48.1 Å². The van der Waals surface area contributed by atoms with E-state index >= 15 is 0 Å². The van der Waals surface area contributed by atoms with E-state index in [1.165, 1.54) is 47.8 Å². The van der Waals surface area contributed by atoms with Crippen LogP contribution in [0.15, 0.2) is 12.1 Å². The molecule has 1 atom stereocenters. The summed E-state index contributed by atoms with van der Waals surface area (Å²) in [6.07, 6.45) is 6.22. The molecule has 1 aromatic heterocycles. The van der Waals surface area contributed by atoms with E-state index in [1.54, 1.807) is 0 Å². The van der Waals surface area contributed by atoms with E-state index in [0.717, 1.165) is 25.4 Å². The third-order valence-electron chi connectivity index (χ3n) is 4.42. The van der Waals surface area contributed by atoms with Crippen molar-refractivity contribution in [1.82, 2.24) is 10.3 Å². The number of anilines is 1. The highest BCUT2D eigenvalue weighted by Gasteiger charge is 2.23. The normalized spacial score (nSPS) is 21.7. The minimum atomic E-state index is 0.656.